The van der Waals surface area contributed by atoms with E-state index in [-0.39, 0.29) is 11.5 Å². The number of benzene rings is 2. The van der Waals surface area contributed by atoms with Gasteiger partial charge in [0.2, 0.25) is 11.5 Å². The molecule has 0 saturated carbocycles. The number of hydrogen-bond donors (Lipinski definition) is 1. The van der Waals surface area contributed by atoms with E-state index in [1.807, 2.05) is 12.1 Å². The van der Waals surface area contributed by atoms with Crippen LogP contribution < -0.4 is 14.2 Å². The van der Waals surface area contributed by atoms with Gasteiger partial charge in [-0.2, -0.15) is 0 Å². The summed E-state index contributed by atoms with van der Waals surface area (Å²) in [6, 6.07) is 7.27. The van der Waals surface area contributed by atoms with Crippen LogP contribution in [0.4, 0.5) is 0 Å². The van der Waals surface area contributed by atoms with Crippen LogP contribution in [0, 0.1) is 0 Å². The molecule has 5 nitrogen and oxygen atoms in total. The lowest BCUT2D eigenvalue weighted by atomic mass is 10.1. The fourth-order valence-corrected chi connectivity index (χ4v) is 2.30. The molecular weight excluding hydrogens is 260 g/mol. The van der Waals surface area contributed by atoms with E-state index in [4.69, 9.17) is 18.6 Å². The van der Waals surface area contributed by atoms with E-state index in [2.05, 4.69) is 0 Å². The molecule has 5 heteroatoms. The summed E-state index contributed by atoms with van der Waals surface area (Å²) in [5, 5.41) is 11.8. The van der Waals surface area contributed by atoms with Crippen LogP contribution in [-0.2, 0) is 0 Å². The van der Waals surface area contributed by atoms with Gasteiger partial charge < -0.3 is 23.7 Å². The third kappa shape index (κ3) is 1.63. The van der Waals surface area contributed by atoms with Gasteiger partial charge in [0, 0.05) is 16.8 Å². The van der Waals surface area contributed by atoms with Crippen LogP contribution in [0.2, 0.25) is 0 Å². The predicted octanol–water partition coefficient (Wildman–Crippen LogP) is 3.32. The van der Waals surface area contributed by atoms with Crippen molar-refractivity contribution in [2.24, 2.45) is 0 Å². The molecule has 0 aliphatic heterocycles. The maximum atomic E-state index is 10.1. The number of aromatic hydroxyl groups is 1. The highest BCUT2D eigenvalue weighted by Gasteiger charge is 2.19. The Labute approximate surface area is 115 Å². The molecule has 1 N–H and O–H groups in total. The van der Waals surface area contributed by atoms with Gasteiger partial charge in [-0.15, -0.1) is 0 Å². The van der Waals surface area contributed by atoms with Gasteiger partial charge >= 0.3 is 0 Å². The molecule has 0 radical (unpaired) electrons. The van der Waals surface area contributed by atoms with E-state index in [0.29, 0.717) is 22.7 Å². The van der Waals surface area contributed by atoms with Crippen molar-refractivity contribution in [2.75, 3.05) is 21.3 Å². The van der Waals surface area contributed by atoms with Gasteiger partial charge in [-0.3, -0.25) is 0 Å². The molecule has 0 aliphatic carbocycles. The molecule has 0 fully saturated rings. The molecule has 3 rings (SSSR count). The Hall–Kier alpha value is -2.56. The lowest BCUT2D eigenvalue weighted by Gasteiger charge is -2.08. The average molecular weight is 274 g/mol. The summed E-state index contributed by atoms with van der Waals surface area (Å²) in [6.07, 6.45) is 0. The number of phenols is 1. The zero-order chi connectivity index (χ0) is 14.3. The summed E-state index contributed by atoms with van der Waals surface area (Å²) < 4.78 is 21.3. The maximum absolute atomic E-state index is 10.1. The van der Waals surface area contributed by atoms with Crippen molar-refractivity contribution in [3.05, 3.63) is 24.3 Å². The van der Waals surface area contributed by atoms with Crippen LogP contribution in [-0.4, -0.2) is 26.4 Å². The molecule has 104 valence electrons. The highest BCUT2D eigenvalue weighted by Crippen LogP contribution is 2.46. The van der Waals surface area contributed by atoms with Gasteiger partial charge in [0.05, 0.1) is 21.3 Å². The number of ether oxygens (including phenoxy) is 3. The van der Waals surface area contributed by atoms with E-state index in [1.165, 1.54) is 14.2 Å². The van der Waals surface area contributed by atoms with E-state index in [9.17, 15) is 5.11 Å². The minimum atomic E-state index is -0.0754. The van der Waals surface area contributed by atoms with Gasteiger partial charge in [0.15, 0.2) is 11.3 Å². The van der Waals surface area contributed by atoms with Crippen LogP contribution in [0.25, 0.3) is 21.9 Å². The minimum absolute atomic E-state index is 0.0754. The number of rotatable bonds is 3. The second-order valence-electron chi connectivity index (χ2n) is 4.30. The standard InChI is InChI=1S/C15H14O5/c1-17-8-4-5-9-10-7-12(18-2)13(16)15(19-3)14(10)20-11(9)6-8/h4-7,16H,1-3H3. The van der Waals surface area contributed by atoms with Crippen molar-refractivity contribution in [2.45, 2.75) is 0 Å². The first-order chi connectivity index (χ1) is 9.69. The highest BCUT2D eigenvalue weighted by molar-refractivity contribution is 6.08. The Kier molecular flexibility index (Phi) is 2.82. The fraction of sp³-hybridized carbons (Fsp3) is 0.200. The molecule has 0 amide bonds. The number of furan rings is 1. The molecule has 0 aliphatic rings. The first-order valence-electron chi connectivity index (χ1n) is 6.03. The number of fused-ring (bicyclic) bond motifs is 3. The lowest BCUT2D eigenvalue weighted by molar-refractivity contribution is 0.340. The van der Waals surface area contributed by atoms with Crippen molar-refractivity contribution in [3.8, 4) is 23.0 Å². The second-order valence-corrected chi connectivity index (χ2v) is 4.30. The van der Waals surface area contributed by atoms with Crippen molar-refractivity contribution in [1.29, 1.82) is 0 Å². The van der Waals surface area contributed by atoms with Crippen molar-refractivity contribution in [1.82, 2.24) is 0 Å². The summed E-state index contributed by atoms with van der Waals surface area (Å²) in [6.45, 7) is 0. The molecule has 0 saturated heterocycles. The van der Waals surface area contributed by atoms with Crippen LogP contribution in [0.5, 0.6) is 23.0 Å². The first-order valence-corrected chi connectivity index (χ1v) is 6.03. The molecule has 0 unspecified atom stereocenters. The van der Waals surface area contributed by atoms with E-state index in [0.717, 1.165) is 10.8 Å². The average Bonchev–Trinajstić information content (AvgIpc) is 2.83. The fourth-order valence-electron chi connectivity index (χ4n) is 2.30. The van der Waals surface area contributed by atoms with Crippen molar-refractivity contribution < 1.29 is 23.7 Å². The van der Waals surface area contributed by atoms with Crippen LogP contribution in [0.15, 0.2) is 28.7 Å². The highest BCUT2D eigenvalue weighted by atomic mass is 16.5. The SMILES string of the molecule is COc1ccc2c(c1)oc1c(OC)c(O)c(OC)cc12. The summed E-state index contributed by atoms with van der Waals surface area (Å²) in [5.74, 6) is 1.22. The smallest absolute Gasteiger partial charge is 0.208 e. The molecule has 1 aromatic heterocycles. The Balaban J connectivity index is 2.43. The molecule has 3 aromatic rings. The van der Waals surface area contributed by atoms with Crippen molar-refractivity contribution >= 4 is 21.9 Å². The maximum Gasteiger partial charge on any atom is 0.208 e. The second kappa shape index (κ2) is 4.52. The molecule has 0 bridgehead atoms. The lowest BCUT2D eigenvalue weighted by Crippen LogP contribution is -1.89. The van der Waals surface area contributed by atoms with E-state index < -0.39 is 0 Å². The van der Waals surface area contributed by atoms with Gasteiger partial charge in [0.1, 0.15) is 11.3 Å². The van der Waals surface area contributed by atoms with Crippen LogP contribution in [0.1, 0.15) is 0 Å². The van der Waals surface area contributed by atoms with E-state index >= 15 is 0 Å². The molecule has 0 spiro atoms. The zero-order valence-corrected chi connectivity index (χ0v) is 11.4. The quantitative estimate of drug-likeness (QED) is 0.793. The third-order valence-corrected chi connectivity index (χ3v) is 3.29. The number of hydrogen-bond acceptors (Lipinski definition) is 5. The van der Waals surface area contributed by atoms with Crippen molar-refractivity contribution in [3.63, 3.8) is 0 Å². The normalized spacial score (nSPS) is 10.9. The Bertz CT molecular complexity index is 788. The van der Waals surface area contributed by atoms with Gasteiger partial charge in [-0.1, -0.05) is 0 Å². The zero-order valence-electron chi connectivity index (χ0n) is 11.4. The molecule has 0 atom stereocenters. The molecular formula is C15H14O5. The Morgan fingerprint density at radius 3 is 2.40 bits per heavy atom. The monoisotopic (exact) mass is 274 g/mol. The predicted molar refractivity (Wildman–Crippen MR) is 75.0 cm³/mol. The summed E-state index contributed by atoms with van der Waals surface area (Å²) in [7, 11) is 4.56. The third-order valence-electron chi connectivity index (χ3n) is 3.29. The Morgan fingerprint density at radius 1 is 0.950 bits per heavy atom. The van der Waals surface area contributed by atoms with E-state index in [1.54, 1.807) is 19.2 Å². The molecule has 1 heterocycles. The number of methoxy groups -OCH3 is 3. The van der Waals surface area contributed by atoms with Gasteiger partial charge in [-0.25, -0.2) is 0 Å². The first kappa shape index (κ1) is 12.5. The topological polar surface area (TPSA) is 61.1 Å². The van der Waals surface area contributed by atoms with Crippen LogP contribution in [0.3, 0.4) is 0 Å². The molecule has 20 heavy (non-hydrogen) atoms. The number of phenolic OH excluding ortho intramolecular Hbond substituents is 1. The minimum Gasteiger partial charge on any atom is -0.502 e. The summed E-state index contributed by atoms with van der Waals surface area (Å²) in [5.41, 5.74) is 1.14. The van der Waals surface area contributed by atoms with Gasteiger partial charge in [0.25, 0.3) is 0 Å². The van der Waals surface area contributed by atoms with Crippen LogP contribution >= 0.6 is 0 Å². The summed E-state index contributed by atoms with van der Waals surface area (Å²) in [4.78, 5) is 0. The van der Waals surface area contributed by atoms with Gasteiger partial charge in [-0.05, 0) is 18.2 Å². The molecule has 2 aromatic carbocycles. The largest absolute Gasteiger partial charge is 0.502 e. The summed E-state index contributed by atoms with van der Waals surface area (Å²) >= 11 is 0. The Morgan fingerprint density at radius 2 is 1.75 bits per heavy atom.